The second-order valence-corrected chi connectivity index (χ2v) is 12.9. The van der Waals surface area contributed by atoms with Crippen molar-refractivity contribution < 1.29 is 22.1 Å². The predicted molar refractivity (Wildman–Crippen MR) is 142 cm³/mol. The Hall–Kier alpha value is -1.95. The number of hydrogen-bond donors (Lipinski definition) is 1. The topological polar surface area (TPSA) is 85.2 Å². The molecule has 3 heterocycles. The second kappa shape index (κ2) is 11.3. The van der Waals surface area contributed by atoms with Crippen molar-refractivity contribution in [1.82, 2.24) is 19.5 Å². The fourth-order valence-electron chi connectivity index (χ4n) is 5.88. The maximum atomic E-state index is 13.1. The first kappa shape index (κ1) is 27.6. The minimum atomic E-state index is -4.58. The van der Waals surface area contributed by atoms with Crippen molar-refractivity contribution in [3.05, 3.63) is 0 Å². The molecule has 3 aliphatic rings. The van der Waals surface area contributed by atoms with Crippen LogP contribution in [0.3, 0.4) is 0 Å². The average molecular weight is 557 g/mol. The van der Waals surface area contributed by atoms with Gasteiger partial charge >= 0.3 is 6.18 Å². The number of rotatable bonds is 8. The molecule has 2 saturated carbocycles. The summed E-state index contributed by atoms with van der Waals surface area (Å²) < 4.78 is 59.9. The van der Waals surface area contributed by atoms with Gasteiger partial charge in [0.05, 0.1) is 19.3 Å². The number of imidazole rings is 1. The van der Waals surface area contributed by atoms with Crippen molar-refractivity contribution in [3.63, 3.8) is 0 Å². The van der Waals surface area contributed by atoms with Crippen molar-refractivity contribution in [2.75, 3.05) is 35.7 Å². The summed E-state index contributed by atoms with van der Waals surface area (Å²) in [6.45, 7) is 9.00. The number of anilines is 2. The van der Waals surface area contributed by atoms with Gasteiger partial charge in [0, 0.05) is 19.1 Å². The number of alkyl halides is 3. The SMILES string of the molecule is CC1CCC(Cn2c(N3CCOC[C@H]3C)nc3nc(S(=O)CC(F)(F)F)nc(N[C@H](C)C4CCC4)c32)CC1. The summed E-state index contributed by atoms with van der Waals surface area (Å²) in [5.41, 5.74) is 0.989. The van der Waals surface area contributed by atoms with Crippen LogP contribution in [0.25, 0.3) is 11.2 Å². The monoisotopic (exact) mass is 556 g/mol. The Bertz CT molecular complexity index is 1150. The van der Waals surface area contributed by atoms with E-state index in [4.69, 9.17) is 9.72 Å². The molecule has 3 fully saturated rings. The zero-order valence-electron chi connectivity index (χ0n) is 22.5. The quantitative estimate of drug-likeness (QED) is 0.450. The first-order valence-electron chi connectivity index (χ1n) is 13.9. The minimum Gasteiger partial charge on any atom is -0.377 e. The van der Waals surface area contributed by atoms with Gasteiger partial charge in [0.1, 0.15) is 22.1 Å². The van der Waals surface area contributed by atoms with Gasteiger partial charge in [-0.05, 0) is 57.3 Å². The van der Waals surface area contributed by atoms with E-state index >= 15 is 0 Å². The fourth-order valence-corrected chi connectivity index (χ4v) is 6.69. The molecular weight excluding hydrogens is 517 g/mol. The Morgan fingerprint density at radius 3 is 2.47 bits per heavy atom. The lowest BCUT2D eigenvalue weighted by Crippen LogP contribution is -2.45. The highest BCUT2D eigenvalue weighted by Gasteiger charge is 2.35. The molecule has 212 valence electrons. The van der Waals surface area contributed by atoms with Crippen LogP contribution in [-0.4, -0.2) is 67.5 Å². The third-order valence-corrected chi connectivity index (χ3v) is 9.66. The number of aromatic nitrogens is 4. The van der Waals surface area contributed by atoms with Crippen LogP contribution in [0.5, 0.6) is 0 Å². The van der Waals surface area contributed by atoms with Crippen LogP contribution in [0.4, 0.5) is 24.9 Å². The van der Waals surface area contributed by atoms with Crippen molar-refractivity contribution in [3.8, 4) is 0 Å². The normalized spacial score (nSPS) is 26.8. The van der Waals surface area contributed by atoms with Gasteiger partial charge in [-0.1, -0.05) is 26.2 Å². The molecule has 1 aliphatic heterocycles. The van der Waals surface area contributed by atoms with Crippen LogP contribution in [0, 0.1) is 17.8 Å². The van der Waals surface area contributed by atoms with E-state index in [2.05, 4.69) is 45.5 Å². The van der Waals surface area contributed by atoms with E-state index < -0.39 is 22.7 Å². The summed E-state index contributed by atoms with van der Waals surface area (Å²) >= 11 is 0. The molecule has 0 spiro atoms. The number of ether oxygens (including phenoxy) is 1. The van der Waals surface area contributed by atoms with E-state index in [-0.39, 0.29) is 17.2 Å². The molecule has 1 saturated heterocycles. The van der Waals surface area contributed by atoms with Gasteiger partial charge in [0.2, 0.25) is 11.1 Å². The van der Waals surface area contributed by atoms with Crippen LogP contribution in [0.2, 0.25) is 0 Å². The van der Waals surface area contributed by atoms with Crippen LogP contribution >= 0.6 is 0 Å². The molecular formula is C26H39F3N6O2S. The Labute approximate surface area is 224 Å². The van der Waals surface area contributed by atoms with Gasteiger partial charge in [-0.3, -0.25) is 4.21 Å². The maximum Gasteiger partial charge on any atom is 0.400 e. The van der Waals surface area contributed by atoms with Gasteiger partial charge in [-0.2, -0.15) is 23.1 Å². The Balaban J connectivity index is 1.61. The first-order valence-corrected chi connectivity index (χ1v) is 15.2. The van der Waals surface area contributed by atoms with Crippen LogP contribution in [-0.2, 0) is 22.1 Å². The highest BCUT2D eigenvalue weighted by molar-refractivity contribution is 7.84. The average Bonchev–Trinajstić information content (AvgIpc) is 3.16. The Morgan fingerprint density at radius 1 is 1.11 bits per heavy atom. The fraction of sp³-hybridized carbons (Fsp3) is 0.808. The van der Waals surface area contributed by atoms with Gasteiger partial charge in [0.15, 0.2) is 11.5 Å². The molecule has 0 radical (unpaired) electrons. The molecule has 2 aromatic rings. The largest absolute Gasteiger partial charge is 0.400 e. The zero-order valence-corrected chi connectivity index (χ0v) is 23.3. The Kier molecular flexibility index (Phi) is 8.19. The molecule has 0 aromatic carbocycles. The lowest BCUT2D eigenvalue weighted by molar-refractivity contribution is -0.105. The van der Waals surface area contributed by atoms with Crippen molar-refractivity contribution in [2.45, 2.75) is 95.7 Å². The van der Waals surface area contributed by atoms with E-state index in [0.717, 1.165) is 44.1 Å². The molecule has 2 aliphatic carbocycles. The molecule has 0 bridgehead atoms. The highest BCUT2D eigenvalue weighted by atomic mass is 32.2. The predicted octanol–water partition coefficient (Wildman–Crippen LogP) is 5.15. The molecule has 1 unspecified atom stereocenters. The van der Waals surface area contributed by atoms with E-state index in [1.807, 2.05) is 0 Å². The van der Waals surface area contributed by atoms with Gasteiger partial charge < -0.3 is 19.5 Å². The summed E-state index contributed by atoms with van der Waals surface area (Å²) in [5.74, 6) is 1.35. The lowest BCUT2D eigenvalue weighted by atomic mass is 9.80. The summed E-state index contributed by atoms with van der Waals surface area (Å²) in [5, 5.41) is 3.16. The summed E-state index contributed by atoms with van der Waals surface area (Å²) in [7, 11) is -2.42. The van der Waals surface area contributed by atoms with Crippen molar-refractivity contribution in [1.29, 1.82) is 0 Å². The molecule has 12 heteroatoms. The molecule has 38 heavy (non-hydrogen) atoms. The molecule has 8 nitrogen and oxygen atoms in total. The standard InChI is InChI=1S/C26H39F3N6O2S/c1-16-7-9-19(10-8-16)13-35-21-22(30-18(3)20-5-4-6-20)31-24(38(36)15-26(27,28)29)32-23(21)33-25(35)34-11-12-37-14-17(34)2/h16-20H,4-15H2,1-3H3,(H,30,31,32)/t16?,17-,18-,19?,38?/m1/s1. The van der Waals surface area contributed by atoms with Crippen LogP contribution in [0.1, 0.15) is 65.7 Å². The van der Waals surface area contributed by atoms with E-state index in [1.165, 1.54) is 19.3 Å². The maximum absolute atomic E-state index is 13.1. The molecule has 3 atom stereocenters. The zero-order chi connectivity index (χ0) is 27.0. The van der Waals surface area contributed by atoms with E-state index in [1.54, 1.807) is 0 Å². The third kappa shape index (κ3) is 6.11. The molecule has 2 aromatic heterocycles. The Morgan fingerprint density at radius 2 is 1.84 bits per heavy atom. The molecule has 5 rings (SSSR count). The van der Waals surface area contributed by atoms with E-state index in [9.17, 15) is 17.4 Å². The second-order valence-electron chi connectivity index (χ2n) is 11.5. The first-order chi connectivity index (χ1) is 18.1. The summed E-state index contributed by atoms with van der Waals surface area (Å²) in [6, 6.07) is 0.165. The molecule has 0 amide bonds. The van der Waals surface area contributed by atoms with Crippen molar-refractivity contribution >= 4 is 33.7 Å². The highest BCUT2D eigenvalue weighted by Crippen LogP contribution is 2.36. The van der Waals surface area contributed by atoms with Gasteiger partial charge in [-0.15, -0.1) is 0 Å². The number of halogens is 3. The molecule has 1 N–H and O–H groups in total. The summed E-state index contributed by atoms with van der Waals surface area (Å²) in [6.07, 6.45) is 3.40. The van der Waals surface area contributed by atoms with Crippen molar-refractivity contribution in [2.24, 2.45) is 17.8 Å². The number of morpholine rings is 1. The van der Waals surface area contributed by atoms with Crippen LogP contribution in [0.15, 0.2) is 5.16 Å². The lowest BCUT2D eigenvalue weighted by Gasteiger charge is -2.35. The smallest absolute Gasteiger partial charge is 0.377 e. The number of nitrogens with zero attached hydrogens (tertiary/aromatic N) is 5. The minimum absolute atomic E-state index is 0.0791. The number of hydrogen-bond acceptors (Lipinski definition) is 7. The van der Waals surface area contributed by atoms with Gasteiger partial charge in [0.25, 0.3) is 0 Å². The third-order valence-electron chi connectivity index (χ3n) is 8.48. The number of fused-ring (bicyclic) bond motifs is 1. The van der Waals surface area contributed by atoms with Crippen LogP contribution < -0.4 is 10.2 Å². The number of nitrogens with one attached hydrogen (secondary N) is 1. The van der Waals surface area contributed by atoms with Gasteiger partial charge in [-0.25, -0.2) is 4.98 Å². The summed E-state index contributed by atoms with van der Waals surface area (Å²) in [4.78, 5) is 15.9. The van der Waals surface area contributed by atoms with E-state index in [0.29, 0.717) is 48.6 Å².